The quantitative estimate of drug-likeness (QED) is 0.811. The van der Waals surface area contributed by atoms with E-state index in [0.29, 0.717) is 6.54 Å². The van der Waals surface area contributed by atoms with Crippen molar-refractivity contribution in [2.45, 2.75) is 25.4 Å². The minimum Gasteiger partial charge on any atom is -0.355 e. The highest BCUT2D eigenvalue weighted by molar-refractivity contribution is 5.32. The SMILES string of the molecule is COC(CNC(C)c1ccccc1C(F)(F)F)OC. The second-order valence-corrected chi connectivity index (χ2v) is 4.12. The summed E-state index contributed by atoms with van der Waals surface area (Å²) in [6, 6.07) is 5.07. The Balaban J connectivity index is 2.80. The third kappa shape index (κ3) is 4.49. The molecule has 0 spiro atoms. The van der Waals surface area contributed by atoms with Gasteiger partial charge in [0.15, 0.2) is 6.29 Å². The molecule has 0 aliphatic rings. The summed E-state index contributed by atoms with van der Waals surface area (Å²) >= 11 is 0. The Morgan fingerprint density at radius 3 is 2.26 bits per heavy atom. The highest BCUT2D eigenvalue weighted by Gasteiger charge is 2.34. The summed E-state index contributed by atoms with van der Waals surface area (Å²) in [4.78, 5) is 0. The fourth-order valence-electron chi connectivity index (χ4n) is 1.78. The standard InChI is InChI=1S/C13H18F3NO2/c1-9(17-8-12(18-2)19-3)10-6-4-5-7-11(10)13(14,15)16/h4-7,9,12,17H,8H2,1-3H3. The van der Waals surface area contributed by atoms with Crippen LogP contribution in [0.15, 0.2) is 24.3 Å². The number of alkyl halides is 3. The second kappa shape index (κ2) is 6.88. The van der Waals surface area contributed by atoms with Gasteiger partial charge in [-0.25, -0.2) is 0 Å². The van der Waals surface area contributed by atoms with Crippen LogP contribution in [0.1, 0.15) is 24.1 Å². The first-order valence-corrected chi connectivity index (χ1v) is 5.85. The minimum atomic E-state index is -4.35. The number of rotatable bonds is 6. The van der Waals surface area contributed by atoms with Gasteiger partial charge in [-0.1, -0.05) is 18.2 Å². The molecular weight excluding hydrogens is 259 g/mol. The van der Waals surface area contributed by atoms with Crippen molar-refractivity contribution in [2.24, 2.45) is 0 Å². The number of methoxy groups -OCH3 is 2. The summed E-state index contributed by atoms with van der Waals surface area (Å²) in [6.07, 6.45) is -4.84. The van der Waals surface area contributed by atoms with Crippen LogP contribution in [0.25, 0.3) is 0 Å². The molecule has 1 aromatic rings. The lowest BCUT2D eigenvalue weighted by molar-refractivity contribution is -0.138. The molecule has 1 atom stereocenters. The van der Waals surface area contributed by atoms with Crippen LogP contribution in [0.4, 0.5) is 13.2 Å². The molecule has 0 saturated carbocycles. The van der Waals surface area contributed by atoms with E-state index in [9.17, 15) is 13.2 Å². The van der Waals surface area contributed by atoms with Crippen LogP contribution in [0.3, 0.4) is 0 Å². The molecule has 108 valence electrons. The van der Waals surface area contributed by atoms with E-state index in [0.717, 1.165) is 6.07 Å². The van der Waals surface area contributed by atoms with E-state index in [-0.39, 0.29) is 5.56 Å². The first-order valence-electron chi connectivity index (χ1n) is 5.85. The fourth-order valence-corrected chi connectivity index (χ4v) is 1.78. The Morgan fingerprint density at radius 1 is 1.16 bits per heavy atom. The first-order chi connectivity index (χ1) is 8.90. The van der Waals surface area contributed by atoms with Crippen molar-refractivity contribution in [1.29, 1.82) is 0 Å². The summed E-state index contributed by atoms with van der Waals surface area (Å²) in [7, 11) is 2.95. The van der Waals surface area contributed by atoms with Gasteiger partial charge < -0.3 is 14.8 Å². The van der Waals surface area contributed by atoms with Crippen molar-refractivity contribution < 1.29 is 22.6 Å². The van der Waals surface area contributed by atoms with Crippen molar-refractivity contribution in [3.05, 3.63) is 35.4 Å². The highest BCUT2D eigenvalue weighted by Crippen LogP contribution is 2.34. The van der Waals surface area contributed by atoms with E-state index in [2.05, 4.69) is 5.32 Å². The van der Waals surface area contributed by atoms with E-state index in [1.807, 2.05) is 0 Å². The van der Waals surface area contributed by atoms with Crippen molar-refractivity contribution in [3.8, 4) is 0 Å². The molecule has 1 rings (SSSR count). The van der Waals surface area contributed by atoms with Crippen LogP contribution in [0, 0.1) is 0 Å². The molecule has 1 unspecified atom stereocenters. The molecule has 0 aliphatic heterocycles. The second-order valence-electron chi connectivity index (χ2n) is 4.12. The van der Waals surface area contributed by atoms with Gasteiger partial charge in [-0.2, -0.15) is 13.2 Å². The Labute approximate surface area is 110 Å². The van der Waals surface area contributed by atoms with Gasteiger partial charge in [0, 0.05) is 26.8 Å². The molecule has 0 aromatic heterocycles. The minimum absolute atomic E-state index is 0.209. The summed E-state index contributed by atoms with van der Waals surface area (Å²) in [5.41, 5.74) is -0.415. The van der Waals surface area contributed by atoms with E-state index in [1.165, 1.54) is 26.4 Å². The van der Waals surface area contributed by atoms with Gasteiger partial charge >= 0.3 is 6.18 Å². The Bertz CT molecular complexity index is 392. The average Bonchev–Trinajstić information content (AvgIpc) is 2.38. The number of ether oxygens (including phenoxy) is 2. The van der Waals surface area contributed by atoms with Gasteiger partial charge in [0.25, 0.3) is 0 Å². The Hall–Kier alpha value is -1.11. The summed E-state index contributed by atoms with van der Waals surface area (Å²) in [5.74, 6) is 0. The zero-order valence-electron chi connectivity index (χ0n) is 11.1. The van der Waals surface area contributed by atoms with Gasteiger partial charge in [0.05, 0.1) is 5.56 Å². The van der Waals surface area contributed by atoms with Crippen LogP contribution in [-0.2, 0) is 15.7 Å². The van der Waals surface area contributed by atoms with Crippen LogP contribution < -0.4 is 5.32 Å². The van der Waals surface area contributed by atoms with Crippen LogP contribution in [0.2, 0.25) is 0 Å². The summed E-state index contributed by atoms with van der Waals surface area (Å²) in [6.45, 7) is 1.98. The van der Waals surface area contributed by atoms with Gasteiger partial charge in [-0.05, 0) is 18.6 Å². The van der Waals surface area contributed by atoms with Crippen molar-refractivity contribution in [2.75, 3.05) is 20.8 Å². The molecule has 3 nitrogen and oxygen atoms in total. The third-order valence-electron chi connectivity index (χ3n) is 2.85. The lowest BCUT2D eigenvalue weighted by Crippen LogP contribution is -2.32. The van der Waals surface area contributed by atoms with Gasteiger partial charge in [0.2, 0.25) is 0 Å². The summed E-state index contributed by atoms with van der Waals surface area (Å²) < 4.78 is 48.5. The van der Waals surface area contributed by atoms with Crippen molar-refractivity contribution in [3.63, 3.8) is 0 Å². The zero-order chi connectivity index (χ0) is 14.5. The van der Waals surface area contributed by atoms with Crippen LogP contribution in [0.5, 0.6) is 0 Å². The van der Waals surface area contributed by atoms with E-state index in [4.69, 9.17) is 9.47 Å². The maximum Gasteiger partial charge on any atom is 0.416 e. The van der Waals surface area contributed by atoms with Gasteiger partial charge in [-0.15, -0.1) is 0 Å². The number of hydrogen-bond acceptors (Lipinski definition) is 3. The molecular formula is C13H18F3NO2. The molecule has 1 aromatic carbocycles. The van der Waals surface area contributed by atoms with E-state index < -0.39 is 24.1 Å². The highest BCUT2D eigenvalue weighted by atomic mass is 19.4. The normalized spacial score (nSPS) is 13.8. The molecule has 6 heteroatoms. The average molecular weight is 277 g/mol. The lowest BCUT2D eigenvalue weighted by Gasteiger charge is -2.21. The number of halogens is 3. The van der Waals surface area contributed by atoms with Crippen LogP contribution in [-0.4, -0.2) is 27.1 Å². The number of benzene rings is 1. The van der Waals surface area contributed by atoms with Crippen molar-refractivity contribution in [1.82, 2.24) is 5.32 Å². The smallest absolute Gasteiger partial charge is 0.355 e. The van der Waals surface area contributed by atoms with Crippen LogP contribution >= 0.6 is 0 Å². The molecule has 19 heavy (non-hydrogen) atoms. The topological polar surface area (TPSA) is 30.5 Å². The van der Waals surface area contributed by atoms with E-state index in [1.54, 1.807) is 13.0 Å². The number of hydrogen-bond donors (Lipinski definition) is 1. The monoisotopic (exact) mass is 277 g/mol. The largest absolute Gasteiger partial charge is 0.416 e. The molecule has 0 heterocycles. The predicted octanol–water partition coefficient (Wildman–Crippen LogP) is 2.97. The number of nitrogens with one attached hydrogen (secondary N) is 1. The Morgan fingerprint density at radius 2 is 1.74 bits per heavy atom. The molecule has 0 radical (unpaired) electrons. The molecule has 0 amide bonds. The molecule has 0 aliphatic carbocycles. The Kier molecular flexibility index (Phi) is 5.78. The van der Waals surface area contributed by atoms with Crippen molar-refractivity contribution >= 4 is 0 Å². The molecule has 0 saturated heterocycles. The predicted molar refractivity (Wildman–Crippen MR) is 65.7 cm³/mol. The first kappa shape index (κ1) is 15.9. The maximum absolute atomic E-state index is 12.9. The fraction of sp³-hybridized carbons (Fsp3) is 0.538. The summed E-state index contributed by atoms with van der Waals surface area (Å²) in [5, 5.41) is 2.96. The van der Waals surface area contributed by atoms with Gasteiger partial charge in [-0.3, -0.25) is 0 Å². The van der Waals surface area contributed by atoms with Gasteiger partial charge in [0.1, 0.15) is 0 Å². The lowest BCUT2D eigenvalue weighted by atomic mass is 10.0. The zero-order valence-corrected chi connectivity index (χ0v) is 11.1. The third-order valence-corrected chi connectivity index (χ3v) is 2.85. The molecule has 0 bridgehead atoms. The molecule has 0 fully saturated rings. The van der Waals surface area contributed by atoms with E-state index >= 15 is 0 Å². The molecule has 1 N–H and O–H groups in total. The maximum atomic E-state index is 12.9.